The molecule has 0 saturated carbocycles. The molecule has 2 N–H and O–H groups in total. The van der Waals surface area contributed by atoms with E-state index in [1.165, 1.54) is 23.8 Å². The van der Waals surface area contributed by atoms with Crippen molar-refractivity contribution in [3.63, 3.8) is 0 Å². The summed E-state index contributed by atoms with van der Waals surface area (Å²) in [7, 11) is 1.25. The van der Waals surface area contributed by atoms with Crippen molar-refractivity contribution in [1.29, 1.82) is 0 Å². The maximum atomic E-state index is 13.2. The van der Waals surface area contributed by atoms with Gasteiger partial charge in [0, 0.05) is 12.2 Å². The van der Waals surface area contributed by atoms with Crippen LogP contribution in [0.3, 0.4) is 0 Å². The molecule has 1 atom stereocenters. The zero-order chi connectivity index (χ0) is 22.5. The largest absolute Gasteiger partial charge is 0.508 e. The molecule has 162 valence electrons. The quantitative estimate of drug-likeness (QED) is 0.440. The average molecular weight is 424 g/mol. The van der Waals surface area contributed by atoms with Crippen LogP contribution in [0.5, 0.6) is 5.75 Å². The van der Waals surface area contributed by atoms with Gasteiger partial charge in [-0.15, -0.1) is 0 Å². The van der Waals surface area contributed by atoms with Crippen LogP contribution in [-0.4, -0.2) is 32.3 Å². The Balaban J connectivity index is 2.06. The number of phenolic OH excluding ortho intramolecular Hbond substituents is 1. The van der Waals surface area contributed by atoms with E-state index in [2.05, 4.69) is 10.3 Å². The second kappa shape index (κ2) is 9.29. The van der Waals surface area contributed by atoms with Gasteiger partial charge in [0.25, 0.3) is 0 Å². The predicted molar refractivity (Wildman–Crippen MR) is 116 cm³/mol. The third-order valence-electron chi connectivity index (χ3n) is 4.79. The number of aryl methyl sites for hydroxylation is 1. The van der Waals surface area contributed by atoms with Crippen LogP contribution in [0.2, 0.25) is 0 Å². The van der Waals surface area contributed by atoms with Gasteiger partial charge in [-0.1, -0.05) is 36.8 Å². The van der Waals surface area contributed by atoms with Crippen LogP contribution in [0.1, 0.15) is 18.1 Å². The van der Waals surface area contributed by atoms with E-state index in [9.17, 15) is 19.5 Å². The third-order valence-corrected chi connectivity index (χ3v) is 4.79. The number of aromatic nitrogens is 3. The van der Waals surface area contributed by atoms with Crippen LogP contribution in [0.25, 0.3) is 0 Å². The van der Waals surface area contributed by atoms with Crippen LogP contribution < -0.4 is 16.7 Å². The van der Waals surface area contributed by atoms with Gasteiger partial charge in [0.2, 0.25) is 5.95 Å². The smallest absolute Gasteiger partial charge is 0.354 e. The minimum absolute atomic E-state index is 0.0586. The van der Waals surface area contributed by atoms with E-state index in [0.717, 1.165) is 15.7 Å². The summed E-state index contributed by atoms with van der Waals surface area (Å²) in [5.74, 6) is -1.07. The van der Waals surface area contributed by atoms with E-state index in [-0.39, 0.29) is 24.8 Å². The van der Waals surface area contributed by atoms with E-state index >= 15 is 0 Å². The third kappa shape index (κ3) is 5.19. The Morgan fingerprint density at radius 3 is 2.35 bits per heavy atom. The highest BCUT2D eigenvalue weighted by Gasteiger charge is 2.20. The van der Waals surface area contributed by atoms with Gasteiger partial charge >= 0.3 is 17.3 Å². The number of methoxy groups -OCH3 is 1. The summed E-state index contributed by atoms with van der Waals surface area (Å²) >= 11 is 0. The summed E-state index contributed by atoms with van der Waals surface area (Å²) in [6.45, 7) is 3.55. The molecule has 0 spiro atoms. The van der Waals surface area contributed by atoms with Gasteiger partial charge in [-0.05, 0) is 36.8 Å². The van der Waals surface area contributed by atoms with Crippen molar-refractivity contribution in [3.05, 3.63) is 80.6 Å². The summed E-state index contributed by atoms with van der Waals surface area (Å²) in [6.07, 6.45) is 0. The van der Waals surface area contributed by atoms with Crippen molar-refractivity contribution < 1.29 is 14.6 Å². The molecule has 0 fully saturated rings. The first-order valence-corrected chi connectivity index (χ1v) is 9.69. The second-order valence-electron chi connectivity index (χ2n) is 7.28. The van der Waals surface area contributed by atoms with Gasteiger partial charge in [-0.25, -0.2) is 14.2 Å². The molecule has 0 radical (unpaired) electrons. The van der Waals surface area contributed by atoms with Crippen LogP contribution >= 0.6 is 0 Å². The lowest BCUT2D eigenvalue weighted by molar-refractivity contribution is -0.145. The minimum atomic E-state index is -0.776. The Kier molecular flexibility index (Phi) is 6.54. The number of anilines is 2. The van der Waals surface area contributed by atoms with E-state index < -0.39 is 23.3 Å². The summed E-state index contributed by atoms with van der Waals surface area (Å²) in [5.41, 5.74) is 1.09. The van der Waals surface area contributed by atoms with Crippen LogP contribution in [-0.2, 0) is 22.6 Å². The first-order chi connectivity index (χ1) is 14.8. The molecule has 2 aromatic carbocycles. The Labute approximate surface area is 178 Å². The van der Waals surface area contributed by atoms with Crippen LogP contribution in [0.15, 0.2) is 58.1 Å². The van der Waals surface area contributed by atoms with Crippen molar-refractivity contribution in [2.45, 2.75) is 26.9 Å². The number of carbonyl (C=O) groups is 1. The lowest BCUT2D eigenvalue weighted by Crippen LogP contribution is -2.44. The normalized spacial score (nSPS) is 11.7. The predicted octanol–water partition coefficient (Wildman–Crippen LogP) is 2.02. The van der Waals surface area contributed by atoms with Gasteiger partial charge in [0.1, 0.15) is 5.75 Å². The van der Waals surface area contributed by atoms with E-state index in [4.69, 9.17) is 4.74 Å². The zero-order valence-corrected chi connectivity index (χ0v) is 17.5. The maximum Gasteiger partial charge on any atom is 0.354 e. The number of hydrogen-bond donors (Lipinski definition) is 2. The molecule has 9 heteroatoms. The van der Waals surface area contributed by atoms with Gasteiger partial charge in [0.15, 0.2) is 0 Å². The summed E-state index contributed by atoms with van der Waals surface area (Å²) < 4.78 is 6.96. The molecular formula is C22H24N4O5. The highest BCUT2D eigenvalue weighted by Crippen LogP contribution is 2.17. The van der Waals surface area contributed by atoms with Crippen LogP contribution in [0.4, 0.5) is 11.6 Å². The van der Waals surface area contributed by atoms with Gasteiger partial charge in [0.05, 0.1) is 19.6 Å². The molecule has 0 amide bonds. The molecule has 1 heterocycles. The maximum absolute atomic E-state index is 13.2. The fourth-order valence-electron chi connectivity index (χ4n) is 3.02. The molecule has 0 bridgehead atoms. The van der Waals surface area contributed by atoms with Crippen molar-refractivity contribution in [2.75, 3.05) is 12.4 Å². The first kappa shape index (κ1) is 21.8. The number of nitrogens with one attached hydrogen (secondary N) is 1. The van der Waals surface area contributed by atoms with E-state index in [1.807, 2.05) is 31.2 Å². The number of benzene rings is 2. The second-order valence-corrected chi connectivity index (χ2v) is 7.28. The number of phenols is 1. The zero-order valence-electron chi connectivity index (χ0n) is 17.5. The number of esters is 1. The number of carbonyl (C=O) groups excluding carboxylic acids is 1. The van der Waals surface area contributed by atoms with Gasteiger partial charge in [-0.2, -0.15) is 4.98 Å². The lowest BCUT2D eigenvalue weighted by atomic mass is 10.1. The number of hydrogen-bond acceptors (Lipinski definition) is 7. The standard InChI is InChI=1S/C22H24N4O5/c1-14-4-6-16(7-5-14)13-25-20(23-17-8-10-18(27)11-9-17)24-21(29)26(22(25)30)12-15(2)19(28)31-3/h4-11,15,27H,12-13H2,1-3H3,(H,23,24,29)/t15-/m0/s1. The molecule has 31 heavy (non-hydrogen) atoms. The molecule has 0 saturated heterocycles. The highest BCUT2D eigenvalue weighted by molar-refractivity contribution is 5.71. The lowest BCUT2D eigenvalue weighted by Gasteiger charge is -2.17. The molecule has 0 aliphatic rings. The first-order valence-electron chi connectivity index (χ1n) is 9.69. The molecule has 1 aromatic heterocycles. The highest BCUT2D eigenvalue weighted by atomic mass is 16.5. The van der Waals surface area contributed by atoms with Crippen molar-refractivity contribution >= 4 is 17.6 Å². The number of ether oxygens (including phenoxy) is 1. The van der Waals surface area contributed by atoms with Gasteiger partial charge < -0.3 is 15.2 Å². The molecule has 0 aliphatic carbocycles. The molecule has 0 unspecified atom stereocenters. The SMILES string of the molecule is COC(=O)[C@@H](C)Cn1c(=O)nc(Nc2ccc(O)cc2)n(Cc2ccc(C)cc2)c1=O. The summed E-state index contributed by atoms with van der Waals surface area (Å²) in [4.78, 5) is 41.7. The fraction of sp³-hybridized carbons (Fsp3) is 0.273. The van der Waals surface area contributed by atoms with E-state index in [1.54, 1.807) is 19.1 Å². The van der Waals surface area contributed by atoms with Crippen molar-refractivity contribution in [3.8, 4) is 5.75 Å². The molecular weight excluding hydrogens is 400 g/mol. The van der Waals surface area contributed by atoms with Crippen molar-refractivity contribution in [1.82, 2.24) is 14.1 Å². The van der Waals surface area contributed by atoms with E-state index in [0.29, 0.717) is 5.69 Å². The fourth-order valence-corrected chi connectivity index (χ4v) is 3.02. The molecule has 3 rings (SSSR count). The Hall–Kier alpha value is -3.88. The Bertz CT molecular complexity index is 1180. The molecule has 3 aromatic rings. The number of rotatable bonds is 7. The van der Waals surface area contributed by atoms with Crippen LogP contribution in [0, 0.1) is 12.8 Å². The molecule has 0 aliphatic heterocycles. The summed E-state index contributed by atoms with van der Waals surface area (Å²) in [5, 5.41) is 12.4. The topological polar surface area (TPSA) is 115 Å². The number of aromatic hydroxyl groups is 1. The Morgan fingerprint density at radius 1 is 1.10 bits per heavy atom. The Morgan fingerprint density at radius 2 is 1.74 bits per heavy atom. The summed E-state index contributed by atoms with van der Waals surface area (Å²) in [6, 6.07) is 13.8. The number of nitrogens with zero attached hydrogens (tertiary/aromatic N) is 3. The minimum Gasteiger partial charge on any atom is -0.508 e. The van der Waals surface area contributed by atoms with Crippen molar-refractivity contribution in [2.24, 2.45) is 5.92 Å². The molecule has 9 nitrogen and oxygen atoms in total. The monoisotopic (exact) mass is 424 g/mol. The average Bonchev–Trinajstić information content (AvgIpc) is 2.76. The van der Waals surface area contributed by atoms with Gasteiger partial charge in [-0.3, -0.25) is 9.36 Å².